The van der Waals surface area contributed by atoms with Gasteiger partial charge in [0.1, 0.15) is 0 Å². The van der Waals surface area contributed by atoms with Crippen LogP contribution in [-0.2, 0) is 6.54 Å². The summed E-state index contributed by atoms with van der Waals surface area (Å²) < 4.78 is 0. The number of benzene rings is 2. The molecule has 2 aromatic carbocycles. The van der Waals surface area contributed by atoms with Gasteiger partial charge < -0.3 is 9.80 Å². The van der Waals surface area contributed by atoms with Gasteiger partial charge in [0.2, 0.25) is 0 Å². The van der Waals surface area contributed by atoms with E-state index in [1.54, 1.807) is 0 Å². The molecule has 2 aromatic rings. The fourth-order valence-corrected chi connectivity index (χ4v) is 3.15. The van der Waals surface area contributed by atoms with Gasteiger partial charge in [-0.3, -0.25) is 9.69 Å². The summed E-state index contributed by atoms with van der Waals surface area (Å²) in [5.41, 5.74) is 1.93. The number of carbonyl (C=O) groups is 1. The van der Waals surface area contributed by atoms with E-state index in [1.165, 1.54) is 5.56 Å². The van der Waals surface area contributed by atoms with E-state index in [0.29, 0.717) is 6.54 Å². The number of hydrogen-bond donors (Lipinski definition) is 0. The standard InChI is InChI=1S/C21H27N3O/c1-22-12-14-23(15-13-22)16-17-24(18-19-8-4-2-5-9-19)21(25)20-10-6-3-7-11-20/h2-11H,12-18H2,1H3. The molecular weight excluding hydrogens is 310 g/mol. The zero-order valence-electron chi connectivity index (χ0n) is 15.0. The molecule has 4 nitrogen and oxygen atoms in total. The molecule has 0 atom stereocenters. The minimum absolute atomic E-state index is 0.110. The van der Waals surface area contributed by atoms with Gasteiger partial charge in [0.05, 0.1) is 0 Å². The Kier molecular flexibility index (Phi) is 6.20. The first kappa shape index (κ1) is 17.6. The molecule has 0 saturated carbocycles. The molecule has 0 aliphatic carbocycles. The Morgan fingerprint density at radius 1 is 0.920 bits per heavy atom. The summed E-state index contributed by atoms with van der Waals surface area (Å²) in [5, 5.41) is 0. The Bertz CT molecular complexity index is 651. The normalized spacial score (nSPS) is 15.9. The van der Waals surface area contributed by atoms with E-state index in [9.17, 15) is 4.79 Å². The molecule has 4 heteroatoms. The van der Waals surface area contributed by atoms with Crippen molar-refractivity contribution in [1.29, 1.82) is 0 Å². The van der Waals surface area contributed by atoms with Crippen LogP contribution in [0, 0.1) is 0 Å². The maximum absolute atomic E-state index is 13.0. The summed E-state index contributed by atoms with van der Waals surface area (Å²) in [5.74, 6) is 0.110. The zero-order valence-corrected chi connectivity index (χ0v) is 15.0. The van der Waals surface area contributed by atoms with Crippen LogP contribution < -0.4 is 0 Å². The lowest BCUT2D eigenvalue weighted by Crippen LogP contribution is -2.47. The largest absolute Gasteiger partial charge is 0.333 e. The van der Waals surface area contributed by atoms with Crippen LogP contribution in [-0.4, -0.2) is 66.9 Å². The predicted molar refractivity (Wildman–Crippen MR) is 102 cm³/mol. The summed E-state index contributed by atoms with van der Waals surface area (Å²) in [6.07, 6.45) is 0. The van der Waals surface area contributed by atoms with Crippen molar-refractivity contribution in [2.75, 3.05) is 46.3 Å². The lowest BCUT2D eigenvalue weighted by Gasteiger charge is -2.34. The molecule has 0 aromatic heterocycles. The second-order valence-electron chi connectivity index (χ2n) is 6.72. The minimum Gasteiger partial charge on any atom is -0.333 e. The second-order valence-corrected chi connectivity index (χ2v) is 6.72. The van der Waals surface area contributed by atoms with Crippen molar-refractivity contribution in [3.8, 4) is 0 Å². The van der Waals surface area contributed by atoms with Crippen LogP contribution >= 0.6 is 0 Å². The van der Waals surface area contributed by atoms with Crippen molar-refractivity contribution in [3.05, 3.63) is 71.8 Å². The Morgan fingerprint density at radius 2 is 1.52 bits per heavy atom. The molecule has 0 spiro atoms. The fraction of sp³-hybridized carbons (Fsp3) is 0.381. The number of carbonyl (C=O) groups excluding carboxylic acids is 1. The molecule has 25 heavy (non-hydrogen) atoms. The molecule has 1 amide bonds. The van der Waals surface area contributed by atoms with E-state index in [-0.39, 0.29) is 5.91 Å². The molecule has 1 heterocycles. The highest BCUT2D eigenvalue weighted by Gasteiger charge is 2.19. The van der Waals surface area contributed by atoms with E-state index < -0.39 is 0 Å². The highest BCUT2D eigenvalue weighted by atomic mass is 16.2. The molecule has 1 aliphatic rings. The highest BCUT2D eigenvalue weighted by Crippen LogP contribution is 2.11. The van der Waals surface area contributed by atoms with Gasteiger partial charge in [-0.05, 0) is 24.7 Å². The van der Waals surface area contributed by atoms with Crippen molar-refractivity contribution in [2.45, 2.75) is 6.54 Å². The maximum atomic E-state index is 13.0. The smallest absolute Gasteiger partial charge is 0.254 e. The van der Waals surface area contributed by atoms with Crippen LogP contribution in [0.25, 0.3) is 0 Å². The Hall–Kier alpha value is -2.17. The molecule has 1 aliphatic heterocycles. The van der Waals surface area contributed by atoms with Crippen LogP contribution in [0.3, 0.4) is 0 Å². The van der Waals surface area contributed by atoms with E-state index in [0.717, 1.165) is 44.8 Å². The van der Waals surface area contributed by atoms with Gasteiger partial charge in [0, 0.05) is 51.4 Å². The van der Waals surface area contributed by atoms with Crippen LogP contribution in [0.2, 0.25) is 0 Å². The van der Waals surface area contributed by atoms with Gasteiger partial charge in [0.15, 0.2) is 0 Å². The number of amides is 1. The quantitative estimate of drug-likeness (QED) is 0.811. The van der Waals surface area contributed by atoms with Gasteiger partial charge in [0.25, 0.3) is 5.91 Å². The summed E-state index contributed by atoms with van der Waals surface area (Å²) >= 11 is 0. The number of likely N-dealkylation sites (N-methyl/N-ethyl adjacent to an activating group) is 1. The van der Waals surface area contributed by atoms with Crippen molar-refractivity contribution >= 4 is 5.91 Å². The predicted octanol–water partition coefficient (Wildman–Crippen LogP) is 2.58. The van der Waals surface area contributed by atoms with E-state index in [2.05, 4.69) is 29.0 Å². The third kappa shape index (κ3) is 5.15. The average molecular weight is 337 g/mol. The van der Waals surface area contributed by atoms with Crippen molar-refractivity contribution < 1.29 is 4.79 Å². The zero-order chi connectivity index (χ0) is 17.5. The molecule has 1 fully saturated rings. The van der Waals surface area contributed by atoms with Crippen LogP contribution in [0.15, 0.2) is 60.7 Å². The van der Waals surface area contributed by atoms with Gasteiger partial charge in [-0.1, -0.05) is 48.5 Å². The van der Waals surface area contributed by atoms with Gasteiger partial charge >= 0.3 is 0 Å². The first-order valence-electron chi connectivity index (χ1n) is 9.01. The third-order valence-electron chi connectivity index (χ3n) is 4.81. The molecule has 0 N–H and O–H groups in total. The monoisotopic (exact) mass is 337 g/mol. The SMILES string of the molecule is CN1CCN(CCN(Cc2ccccc2)C(=O)c2ccccc2)CC1. The molecule has 1 saturated heterocycles. The molecular formula is C21H27N3O. The first-order valence-corrected chi connectivity index (χ1v) is 9.01. The Morgan fingerprint density at radius 3 is 2.16 bits per heavy atom. The van der Waals surface area contributed by atoms with Crippen LogP contribution in [0.1, 0.15) is 15.9 Å². The Labute approximate surface area is 150 Å². The summed E-state index contributed by atoms with van der Waals surface area (Å²) in [6, 6.07) is 19.8. The molecule has 0 radical (unpaired) electrons. The van der Waals surface area contributed by atoms with E-state index in [4.69, 9.17) is 0 Å². The maximum Gasteiger partial charge on any atom is 0.254 e. The van der Waals surface area contributed by atoms with E-state index in [1.807, 2.05) is 53.4 Å². The van der Waals surface area contributed by atoms with Gasteiger partial charge in [-0.15, -0.1) is 0 Å². The number of piperazine rings is 1. The summed E-state index contributed by atoms with van der Waals surface area (Å²) in [7, 11) is 2.16. The van der Waals surface area contributed by atoms with E-state index >= 15 is 0 Å². The third-order valence-corrected chi connectivity index (χ3v) is 4.81. The first-order chi connectivity index (χ1) is 12.2. The number of nitrogens with zero attached hydrogens (tertiary/aromatic N) is 3. The van der Waals surface area contributed by atoms with Crippen molar-refractivity contribution in [2.24, 2.45) is 0 Å². The molecule has 132 valence electrons. The lowest BCUT2D eigenvalue weighted by atomic mass is 10.1. The molecule has 3 rings (SSSR count). The average Bonchev–Trinajstić information content (AvgIpc) is 2.67. The van der Waals surface area contributed by atoms with Gasteiger partial charge in [-0.2, -0.15) is 0 Å². The van der Waals surface area contributed by atoms with Crippen LogP contribution in [0.4, 0.5) is 0 Å². The minimum atomic E-state index is 0.110. The Balaban J connectivity index is 1.66. The molecule has 0 unspecified atom stereocenters. The topological polar surface area (TPSA) is 26.8 Å². The fourth-order valence-electron chi connectivity index (χ4n) is 3.15. The number of rotatable bonds is 6. The van der Waals surface area contributed by atoms with Crippen LogP contribution in [0.5, 0.6) is 0 Å². The van der Waals surface area contributed by atoms with Crippen molar-refractivity contribution in [1.82, 2.24) is 14.7 Å². The molecule has 0 bridgehead atoms. The lowest BCUT2D eigenvalue weighted by molar-refractivity contribution is 0.0701. The second kappa shape index (κ2) is 8.79. The van der Waals surface area contributed by atoms with Gasteiger partial charge in [-0.25, -0.2) is 0 Å². The summed E-state index contributed by atoms with van der Waals surface area (Å²) in [6.45, 7) is 6.70. The summed E-state index contributed by atoms with van der Waals surface area (Å²) in [4.78, 5) is 19.8. The highest BCUT2D eigenvalue weighted by molar-refractivity contribution is 5.94. The van der Waals surface area contributed by atoms with Crippen molar-refractivity contribution in [3.63, 3.8) is 0 Å². The number of hydrogen-bond acceptors (Lipinski definition) is 3.